The van der Waals surface area contributed by atoms with Crippen molar-refractivity contribution in [1.82, 2.24) is 5.32 Å². The third-order valence-corrected chi connectivity index (χ3v) is 4.00. The molecule has 7 nitrogen and oxygen atoms in total. The third kappa shape index (κ3) is 5.43. The van der Waals surface area contributed by atoms with Crippen molar-refractivity contribution in [2.75, 3.05) is 5.32 Å². The zero-order chi connectivity index (χ0) is 19.1. The average Bonchev–Trinajstić information content (AvgIpc) is 3.20. The summed E-state index contributed by atoms with van der Waals surface area (Å²) in [7, 11) is 0. The van der Waals surface area contributed by atoms with E-state index in [4.69, 9.17) is 4.42 Å². The highest BCUT2D eigenvalue weighted by Crippen LogP contribution is 2.15. The van der Waals surface area contributed by atoms with Gasteiger partial charge in [0.2, 0.25) is 5.91 Å². The molecule has 3 rings (SSSR count). The zero-order valence-electron chi connectivity index (χ0n) is 14.6. The molecule has 2 N–H and O–H groups in total. The van der Waals surface area contributed by atoms with Gasteiger partial charge in [0.25, 0.3) is 5.69 Å². The van der Waals surface area contributed by atoms with Crippen LogP contribution in [0.1, 0.15) is 16.9 Å². The summed E-state index contributed by atoms with van der Waals surface area (Å²) in [6, 6.07) is 17.6. The molecule has 0 spiro atoms. The highest BCUT2D eigenvalue weighted by atomic mass is 16.6. The average molecular weight is 365 g/mol. The summed E-state index contributed by atoms with van der Waals surface area (Å²) < 4.78 is 5.18. The van der Waals surface area contributed by atoms with Crippen molar-refractivity contribution in [3.8, 4) is 0 Å². The monoisotopic (exact) mass is 365 g/mol. The van der Waals surface area contributed by atoms with Gasteiger partial charge < -0.3 is 15.1 Å². The van der Waals surface area contributed by atoms with Crippen LogP contribution in [0.2, 0.25) is 0 Å². The second-order valence-electron chi connectivity index (χ2n) is 6.01. The lowest BCUT2D eigenvalue weighted by molar-refractivity contribution is -0.384. The lowest BCUT2D eigenvalue weighted by Crippen LogP contribution is -2.24. The minimum Gasteiger partial charge on any atom is -0.467 e. The number of nitrogens with zero attached hydrogens (tertiary/aromatic N) is 1. The van der Waals surface area contributed by atoms with Crippen molar-refractivity contribution >= 4 is 17.3 Å². The first-order chi connectivity index (χ1) is 13.1. The van der Waals surface area contributed by atoms with Gasteiger partial charge in [0, 0.05) is 24.4 Å². The largest absolute Gasteiger partial charge is 0.467 e. The van der Waals surface area contributed by atoms with Crippen LogP contribution in [-0.2, 0) is 24.3 Å². The molecule has 3 aromatic rings. The summed E-state index contributed by atoms with van der Waals surface area (Å²) in [5.41, 5.74) is 2.84. The van der Waals surface area contributed by atoms with Crippen LogP contribution in [0.15, 0.2) is 71.3 Å². The number of furan rings is 1. The molecule has 27 heavy (non-hydrogen) atoms. The van der Waals surface area contributed by atoms with E-state index in [1.165, 1.54) is 12.1 Å². The van der Waals surface area contributed by atoms with E-state index in [2.05, 4.69) is 10.6 Å². The van der Waals surface area contributed by atoms with Crippen LogP contribution in [0.5, 0.6) is 0 Å². The van der Waals surface area contributed by atoms with E-state index in [0.717, 1.165) is 16.8 Å². The van der Waals surface area contributed by atoms with E-state index in [-0.39, 0.29) is 11.6 Å². The Hall–Kier alpha value is -3.61. The number of benzene rings is 2. The molecular formula is C20H19N3O4. The minimum atomic E-state index is -0.416. The Labute approximate surface area is 156 Å². The molecule has 1 amide bonds. The van der Waals surface area contributed by atoms with Crippen molar-refractivity contribution in [2.24, 2.45) is 0 Å². The maximum atomic E-state index is 12.0. The second-order valence-corrected chi connectivity index (χ2v) is 6.01. The molecule has 0 saturated heterocycles. The first-order valence-corrected chi connectivity index (χ1v) is 8.45. The first kappa shape index (κ1) is 18.2. The summed E-state index contributed by atoms with van der Waals surface area (Å²) in [4.78, 5) is 22.2. The summed E-state index contributed by atoms with van der Waals surface area (Å²) in [5.74, 6) is 0.645. The smallest absolute Gasteiger partial charge is 0.269 e. The molecule has 7 heteroatoms. The molecule has 0 aliphatic carbocycles. The van der Waals surface area contributed by atoms with Gasteiger partial charge in [-0.2, -0.15) is 0 Å². The van der Waals surface area contributed by atoms with Crippen LogP contribution < -0.4 is 10.6 Å². The number of rotatable bonds is 8. The maximum Gasteiger partial charge on any atom is 0.269 e. The number of hydrogen-bond donors (Lipinski definition) is 2. The lowest BCUT2D eigenvalue weighted by Gasteiger charge is -2.08. The molecule has 0 aliphatic rings. The molecular weight excluding hydrogens is 346 g/mol. The number of nitro groups is 1. The Kier molecular flexibility index (Phi) is 5.84. The van der Waals surface area contributed by atoms with Gasteiger partial charge in [-0.25, -0.2) is 0 Å². The van der Waals surface area contributed by atoms with E-state index in [1.807, 2.05) is 30.3 Å². The number of nitrogens with one attached hydrogen (secondary N) is 2. The quantitative estimate of drug-likeness (QED) is 0.469. The van der Waals surface area contributed by atoms with Crippen LogP contribution in [0.4, 0.5) is 11.4 Å². The number of carbonyl (C=O) groups excluding carboxylic acids is 1. The lowest BCUT2D eigenvalue weighted by atomic mass is 10.1. The summed E-state index contributed by atoms with van der Waals surface area (Å²) in [5, 5.41) is 16.7. The first-order valence-electron chi connectivity index (χ1n) is 8.45. The molecule has 0 radical (unpaired) electrons. The van der Waals surface area contributed by atoms with Gasteiger partial charge in [-0.3, -0.25) is 14.9 Å². The Balaban J connectivity index is 1.46. The number of carbonyl (C=O) groups is 1. The van der Waals surface area contributed by atoms with Crippen LogP contribution in [0.3, 0.4) is 0 Å². The van der Waals surface area contributed by atoms with Gasteiger partial charge >= 0.3 is 0 Å². The fourth-order valence-electron chi connectivity index (χ4n) is 2.53. The molecule has 0 unspecified atom stereocenters. The third-order valence-electron chi connectivity index (χ3n) is 4.00. The molecule has 138 valence electrons. The molecule has 0 aliphatic heterocycles. The van der Waals surface area contributed by atoms with Gasteiger partial charge in [0.1, 0.15) is 5.76 Å². The van der Waals surface area contributed by atoms with Crippen LogP contribution >= 0.6 is 0 Å². The number of anilines is 1. The van der Waals surface area contributed by atoms with Gasteiger partial charge in [0.15, 0.2) is 0 Å². The molecule has 0 atom stereocenters. The zero-order valence-corrected chi connectivity index (χ0v) is 14.6. The highest BCUT2D eigenvalue weighted by Gasteiger charge is 2.06. The van der Waals surface area contributed by atoms with Gasteiger partial charge in [0.05, 0.1) is 24.2 Å². The van der Waals surface area contributed by atoms with Crippen molar-refractivity contribution in [3.05, 3.63) is 93.9 Å². The Morgan fingerprint density at radius 2 is 1.67 bits per heavy atom. The van der Waals surface area contributed by atoms with E-state index in [9.17, 15) is 14.9 Å². The van der Waals surface area contributed by atoms with Gasteiger partial charge in [-0.1, -0.05) is 24.3 Å². The van der Waals surface area contributed by atoms with Crippen LogP contribution in [0, 0.1) is 10.1 Å². The van der Waals surface area contributed by atoms with Gasteiger partial charge in [-0.05, 0) is 35.4 Å². The summed E-state index contributed by atoms with van der Waals surface area (Å²) in [6.45, 7) is 0.932. The van der Waals surface area contributed by atoms with Crippen molar-refractivity contribution < 1.29 is 14.1 Å². The number of nitro benzene ring substituents is 1. The normalized spacial score (nSPS) is 10.4. The standard InChI is InChI=1S/C20H19N3O4/c24-20(22-14-19-2-1-11-27-19)12-15-3-7-17(8-4-15)21-13-16-5-9-18(10-6-16)23(25)26/h1-11,21H,12-14H2,(H,22,24). The van der Waals surface area contributed by atoms with E-state index in [1.54, 1.807) is 24.5 Å². The Bertz CT molecular complexity index is 888. The molecule has 0 saturated carbocycles. The maximum absolute atomic E-state index is 12.0. The van der Waals surface area contributed by atoms with Crippen LogP contribution in [0.25, 0.3) is 0 Å². The second kappa shape index (κ2) is 8.66. The summed E-state index contributed by atoms with van der Waals surface area (Å²) in [6.07, 6.45) is 1.87. The van der Waals surface area contributed by atoms with Gasteiger partial charge in [-0.15, -0.1) is 0 Å². The Morgan fingerprint density at radius 3 is 2.30 bits per heavy atom. The molecule has 1 heterocycles. The summed E-state index contributed by atoms with van der Waals surface area (Å²) >= 11 is 0. The minimum absolute atomic E-state index is 0.0713. The number of non-ortho nitro benzene ring substituents is 1. The SMILES string of the molecule is O=C(Cc1ccc(NCc2ccc([N+](=O)[O-])cc2)cc1)NCc1ccco1. The molecule has 0 fully saturated rings. The highest BCUT2D eigenvalue weighted by molar-refractivity contribution is 5.78. The van der Waals surface area contributed by atoms with Crippen LogP contribution in [-0.4, -0.2) is 10.8 Å². The Morgan fingerprint density at radius 1 is 0.963 bits per heavy atom. The van der Waals surface area contributed by atoms with E-state index >= 15 is 0 Å². The topological polar surface area (TPSA) is 97.4 Å². The predicted octanol–water partition coefficient (Wildman–Crippen LogP) is 3.66. The number of hydrogen-bond acceptors (Lipinski definition) is 5. The fourth-order valence-corrected chi connectivity index (χ4v) is 2.53. The predicted molar refractivity (Wildman–Crippen MR) is 101 cm³/mol. The van der Waals surface area contributed by atoms with Crippen molar-refractivity contribution in [1.29, 1.82) is 0 Å². The fraction of sp³-hybridized carbons (Fsp3) is 0.150. The van der Waals surface area contributed by atoms with E-state index in [0.29, 0.717) is 25.3 Å². The number of amides is 1. The van der Waals surface area contributed by atoms with Crippen molar-refractivity contribution in [3.63, 3.8) is 0 Å². The van der Waals surface area contributed by atoms with Crippen molar-refractivity contribution in [2.45, 2.75) is 19.5 Å². The molecule has 0 bridgehead atoms. The molecule has 1 aromatic heterocycles. The molecule has 2 aromatic carbocycles. The van der Waals surface area contributed by atoms with E-state index < -0.39 is 4.92 Å².